The van der Waals surface area contributed by atoms with Crippen LogP contribution in [-0.2, 0) is 9.53 Å². The zero-order chi connectivity index (χ0) is 14.1. The summed E-state index contributed by atoms with van der Waals surface area (Å²) in [5.74, 6) is -1.09. The Labute approximate surface area is 108 Å². The van der Waals surface area contributed by atoms with Gasteiger partial charge in [0.15, 0.2) is 0 Å². The zero-order valence-electron chi connectivity index (χ0n) is 11.8. The van der Waals surface area contributed by atoms with E-state index in [4.69, 9.17) is 4.74 Å². The van der Waals surface area contributed by atoms with E-state index in [1.807, 2.05) is 13.8 Å². The minimum Gasteiger partial charge on any atom is -0.479 e. The Morgan fingerprint density at radius 2 is 1.89 bits per heavy atom. The van der Waals surface area contributed by atoms with Crippen LogP contribution in [0.4, 0.5) is 4.79 Å². The molecule has 1 rings (SSSR count). The number of carboxylic acids is 1. The van der Waals surface area contributed by atoms with Crippen molar-refractivity contribution in [3.05, 3.63) is 0 Å². The molecule has 5 heteroatoms. The summed E-state index contributed by atoms with van der Waals surface area (Å²) >= 11 is 0. The third kappa shape index (κ3) is 2.60. The van der Waals surface area contributed by atoms with Gasteiger partial charge in [-0.3, -0.25) is 4.90 Å². The molecule has 1 aliphatic heterocycles. The molecule has 1 atom stereocenters. The molecule has 1 fully saturated rings. The average molecular weight is 257 g/mol. The van der Waals surface area contributed by atoms with Crippen LogP contribution >= 0.6 is 0 Å². The van der Waals surface area contributed by atoms with Crippen LogP contribution in [0.1, 0.15) is 47.5 Å². The SMILES string of the molecule is CC(C)[C@]1(C(=O)O)CCCN1C(=O)OC(C)(C)C. The number of ether oxygens (including phenoxy) is 1. The first-order chi connectivity index (χ1) is 8.11. The van der Waals surface area contributed by atoms with E-state index in [1.54, 1.807) is 20.8 Å². The Morgan fingerprint density at radius 3 is 2.28 bits per heavy atom. The lowest BCUT2D eigenvalue weighted by Crippen LogP contribution is -2.57. The molecule has 1 saturated heterocycles. The van der Waals surface area contributed by atoms with E-state index < -0.39 is 23.2 Å². The lowest BCUT2D eigenvalue weighted by atomic mass is 9.84. The molecule has 5 nitrogen and oxygen atoms in total. The van der Waals surface area contributed by atoms with Crippen LogP contribution in [-0.4, -0.2) is 39.8 Å². The quantitative estimate of drug-likeness (QED) is 0.825. The van der Waals surface area contributed by atoms with Crippen LogP contribution in [0.25, 0.3) is 0 Å². The maximum absolute atomic E-state index is 12.1. The van der Waals surface area contributed by atoms with Gasteiger partial charge in [-0.2, -0.15) is 0 Å². The molecule has 0 radical (unpaired) electrons. The van der Waals surface area contributed by atoms with E-state index >= 15 is 0 Å². The van der Waals surface area contributed by atoms with E-state index in [-0.39, 0.29) is 5.92 Å². The number of hydrogen-bond acceptors (Lipinski definition) is 3. The molecule has 0 bridgehead atoms. The van der Waals surface area contributed by atoms with Gasteiger partial charge in [0.2, 0.25) is 0 Å². The summed E-state index contributed by atoms with van der Waals surface area (Å²) in [4.78, 5) is 25.1. The molecule has 1 aliphatic rings. The van der Waals surface area contributed by atoms with Gasteiger partial charge in [0.1, 0.15) is 11.1 Å². The molecule has 0 unspecified atom stereocenters. The van der Waals surface area contributed by atoms with Gasteiger partial charge in [0, 0.05) is 6.54 Å². The van der Waals surface area contributed by atoms with E-state index in [0.29, 0.717) is 19.4 Å². The number of rotatable bonds is 2. The van der Waals surface area contributed by atoms with Crippen LogP contribution < -0.4 is 0 Å². The average Bonchev–Trinajstić information content (AvgIpc) is 2.59. The summed E-state index contributed by atoms with van der Waals surface area (Å²) in [5, 5.41) is 9.50. The van der Waals surface area contributed by atoms with Crippen LogP contribution in [0.5, 0.6) is 0 Å². The van der Waals surface area contributed by atoms with Gasteiger partial charge in [0.05, 0.1) is 0 Å². The van der Waals surface area contributed by atoms with E-state index in [2.05, 4.69) is 0 Å². The highest BCUT2D eigenvalue weighted by Crippen LogP contribution is 2.37. The van der Waals surface area contributed by atoms with Gasteiger partial charge >= 0.3 is 12.1 Å². The molecule has 0 aromatic heterocycles. The molecule has 1 heterocycles. The van der Waals surface area contributed by atoms with Crippen LogP contribution in [0.15, 0.2) is 0 Å². The topological polar surface area (TPSA) is 66.8 Å². The number of nitrogens with zero attached hydrogens (tertiary/aromatic N) is 1. The van der Waals surface area contributed by atoms with Gasteiger partial charge in [-0.25, -0.2) is 9.59 Å². The Balaban J connectivity index is 3.00. The van der Waals surface area contributed by atoms with Gasteiger partial charge in [-0.15, -0.1) is 0 Å². The van der Waals surface area contributed by atoms with Crippen molar-refractivity contribution in [2.75, 3.05) is 6.54 Å². The first-order valence-corrected chi connectivity index (χ1v) is 6.35. The summed E-state index contributed by atoms with van der Waals surface area (Å²) in [6.45, 7) is 9.43. The molecule has 0 aliphatic carbocycles. The van der Waals surface area contributed by atoms with Crippen LogP contribution in [0, 0.1) is 5.92 Å². The fraction of sp³-hybridized carbons (Fsp3) is 0.846. The van der Waals surface area contributed by atoms with Gasteiger partial charge in [-0.05, 0) is 39.5 Å². The van der Waals surface area contributed by atoms with Crippen LogP contribution in [0.3, 0.4) is 0 Å². The van der Waals surface area contributed by atoms with Crippen molar-refractivity contribution >= 4 is 12.1 Å². The maximum Gasteiger partial charge on any atom is 0.411 e. The van der Waals surface area contributed by atoms with E-state index in [9.17, 15) is 14.7 Å². The second-order valence-electron chi connectivity index (χ2n) is 6.12. The molecule has 18 heavy (non-hydrogen) atoms. The summed E-state index contributed by atoms with van der Waals surface area (Å²) in [7, 11) is 0. The first-order valence-electron chi connectivity index (χ1n) is 6.35. The van der Waals surface area contributed by atoms with Crippen molar-refractivity contribution in [2.24, 2.45) is 5.92 Å². The fourth-order valence-corrected chi connectivity index (χ4v) is 2.48. The molecule has 104 valence electrons. The van der Waals surface area contributed by atoms with Crippen molar-refractivity contribution in [3.8, 4) is 0 Å². The number of aliphatic carboxylic acids is 1. The minimum atomic E-state index is -1.12. The summed E-state index contributed by atoms with van der Waals surface area (Å²) in [6, 6.07) is 0. The van der Waals surface area contributed by atoms with Gasteiger partial charge in [-0.1, -0.05) is 13.8 Å². The molecule has 0 saturated carbocycles. The Hall–Kier alpha value is -1.26. The first kappa shape index (κ1) is 14.8. The van der Waals surface area contributed by atoms with Crippen LogP contribution in [0.2, 0.25) is 0 Å². The van der Waals surface area contributed by atoms with Crippen molar-refractivity contribution in [1.29, 1.82) is 0 Å². The minimum absolute atomic E-state index is 0.148. The van der Waals surface area contributed by atoms with Crippen molar-refractivity contribution in [2.45, 2.75) is 58.6 Å². The summed E-state index contributed by atoms with van der Waals surface area (Å²) < 4.78 is 5.30. The lowest BCUT2D eigenvalue weighted by Gasteiger charge is -2.38. The van der Waals surface area contributed by atoms with Gasteiger partial charge < -0.3 is 9.84 Å². The molecule has 0 spiro atoms. The Kier molecular flexibility index (Phi) is 3.93. The monoisotopic (exact) mass is 257 g/mol. The smallest absolute Gasteiger partial charge is 0.411 e. The largest absolute Gasteiger partial charge is 0.479 e. The maximum atomic E-state index is 12.1. The summed E-state index contributed by atoms with van der Waals surface area (Å²) in [5.41, 5.74) is -1.73. The van der Waals surface area contributed by atoms with E-state index in [0.717, 1.165) is 0 Å². The number of likely N-dealkylation sites (tertiary alicyclic amines) is 1. The highest BCUT2D eigenvalue weighted by atomic mass is 16.6. The molecule has 1 N–H and O–H groups in total. The Bertz CT molecular complexity index is 345. The van der Waals surface area contributed by atoms with Crippen molar-refractivity contribution < 1.29 is 19.4 Å². The summed E-state index contributed by atoms with van der Waals surface area (Å²) in [6.07, 6.45) is 0.652. The highest BCUT2D eigenvalue weighted by Gasteiger charge is 2.53. The number of amides is 1. The standard InChI is InChI=1S/C13H23NO4/c1-9(2)13(10(15)16)7-6-8-14(13)11(17)18-12(3,4)5/h9H,6-8H2,1-5H3,(H,15,16)/t13-/m0/s1. The van der Waals surface area contributed by atoms with Crippen molar-refractivity contribution in [1.82, 2.24) is 4.90 Å². The number of carbonyl (C=O) groups is 2. The second-order valence-corrected chi connectivity index (χ2v) is 6.12. The van der Waals surface area contributed by atoms with Gasteiger partial charge in [0.25, 0.3) is 0 Å². The predicted octanol–water partition coefficient (Wildman–Crippen LogP) is 2.50. The van der Waals surface area contributed by atoms with E-state index in [1.165, 1.54) is 4.90 Å². The molecular formula is C13H23NO4. The third-order valence-corrected chi connectivity index (χ3v) is 3.36. The third-order valence-electron chi connectivity index (χ3n) is 3.36. The molecule has 0 aromatic rings. The lowest BCUT2D eigenvalue weighted by molar-refractivity contribution is -0.152. The highest BCUT2D eigenvalue weighted by molar-refractivity contribution is 5.85. The Morgan fingerprint density at radius 1 is 1.33 bits per heavy atom. The second kappa shape index (κ2) is 4.78. The molecule has 0 aromatic carbocycles. The molecule has 1 amide bonds. The number of carbonyl (C=O) groups excluding carboxylic acids is 1. The molecular weight excluding hydrogens is 234 g/mol. The normalized spacial score (nSPS) is 24.4. The fourth-order valence-electron chi connectivity index (χ4n) is 2.48. The van der Waals surface area contributed by atoms with Crippen molar-refractivity contribution in [3.63, 3.8) is 0 Å². The predicted molar refractivity (Wildman–Crippen MR) is 67.4 cm³/mol. The number of carboxylic acid groups (broad SMARTS) is 1. The number of hydrogen-bond donors (Lipinski definition) is 1. The zero-order valence-corrected chi connectivity index (χ0v) is 11.8.